The highest BCUT2D eigenvalue weighted by atomic mass is 32.2. The molecule has 1 aliphatic heterocycles. The van der Waals surface area contributed by atoms with Crippen molar-refractivity contribution in [3.05, 3.63) is 138 Å². The standard InChI is InChI=1S/C30H26N2O3S/c33-26(21-35-25-19-11-4-12-20-25)31-27-28(34)32-29(27)36-30(22-13-5-1-6-14-22,23-15-7-2-8-16-23)24-17-9-3-10-18-24/h1-20,27,29H,21H2,(H,31,33)(H,32,34)/t27-,29-/m1/s1. The molecule has 0 radical (unpaired) electrons. The lowest BCUT2D eigenvalue weighted by Crippen LogP contribution is -2.68. The molecule has 5 nitrogen and oxygen atoms in total. The van der Waals surface area contributed by atoms with Gasteiger partial charge in [-0.2, -0.15) is 0 Å². The third kappa shape index (κ3) is 4.86. The lowest BCUT2D eigenvalue weighted by atomic mass is 9.84. The van der Waals surface area contributed by atoms with Gasteiger partial charge in [0.05, 0.1) is 4.75 Å². The SMILES string of the molecule is O=C(COc1ccccc1)N[C@@H]1C(=O)N[C@@H]1SC(c1ccccc1)(c1ccccc1)c1ccccc1. The number of carbonyl (C=O) groups excluding carboxylic acids is 2. The maximum Gasteiger partial charge on any atom is 0.258 e. The fraction of sp³-hybridized carbons (Fsp3) is 0.133. The number of β-lactam (4-membered cyclic amide) rings is 1. The summed E-state index contributed by atoms with van der Waals surface area (Å²) in [6.07, 6.45) is 0. The van der Waals surface area contributed by atoms with E-state index < -0.39 is 10.8 Å². The van der Waals surface area contributed by atoms with Crippen molar-refractivity contribution in [2.45, 2.75) is 16.2 Å². The van der Waals surface area contributed by atoms with Crippen LogP contribution in [0.4, 0.5) is 0 Å². The van der Waals surface area contributed by atoms with E-state index in [1.165, 1.54) is 0 Å². The fourth-order valence-corrected chi connectivity index (χ4v) is 6.09. The van der Waals surface area contributed by atoms with Gasteiger partial charge in [-0.15, -0.1) is 11.8 Å². The Hall–Kier alpha value is -4.03. The number of nitrogens with one attached hydrogen (secondary N) is 2. The average Bonchev–Trinajstić information content (AvgIpc) is 2.95. The van der Waals surface area contributed by atoms with E-state index in [9.17, 15) is 9.59 Å². The summed E-state index contributed by atoms with van der Waals surface area (Å²) >= 11 is 1.62. The maximum atomic E-state index is 12.7. The minimum absolute atomic E-state index is 0.160. The zero-order valence-corrected chi connectivity index (χ0v) is 20.4. The van der Waals surface area contributed by atoms with Crippen LogP contribution in [-0.4, -0.2) is 29.8 Å². The van der Waals surface area contributed by atoms with Crippen LogP contribution in [0.1, 0.15) is 16.7 Å². The van der Waals surface area contributed by atoms with E-state index in [0.29, 0.717) is 5.75 Å². The van der Waals surface area contributed by atoms with Gasteiger partial charge >= 0.3 is 0 Å². The summed E-state index contributed by atoms with van der Waals surface area (Å²) in [4.78, 5) is 25.2. The van der Waals surface area contributed by atoms with Gasteiger partial charge in [0.25, 0.3) is 5.91 Å². The molecule has 1 aliphatic rings. The number of amides is 2. The molecule has 0 aromatic heterocycles. The van der Waals surface area contributed by atoms with Gasteiger partial charge < -0.3 is 15.4 Å². The van der Waals surface area contributed by atoms with Crippen molar-refractivity contribution >= 4 is 23.6 Å². The van der Waals surface area contributed by atoms with Gasteiger partial charge in [0.2, 0.25) is 5.91 Å². The zero-order chi connectivity index (χ0) is 24.8. The van der Waals surface area contributed by atoms with Gasteiger partial charge in [0.15, 0.2) is 6.61 Å². The second-order valence-corrected chi connectivity index (χ2v) is 9.83. The lowest BCUT2D eigenvalue weighted by Gasteiger charge is -2.44. The van der Waals surface area contributed by atoms with Crippen LogP contribution >= 0.6 is 11.8 Å². The van der Waals surface area contributed by atoms with Crippen molar-refractivity contribution in [1.29, 1.82) is 0 Å². The molecule has 6 heteroatoms. The van der Waals surface area contributed by atoms with E-state index >= 15 is 0 Å². The van der Waals surface area contributed by atoms with Crippen LogP contribution in [0, 0.1) is 0 Å². The summed E-state index contributed by atoms with van der Waals surface area (Å²) in [5, 5.41) is 5.54. The van der Waals surface area contributed by atoms with Crippen molar-refractivity contribution in [1.82, 2.24) is 10.6 Å². The van der Waals surface area contributed by atoms with Crippen molar-refractivity contribution in [3.8, 4) is 5.75 Å². The first-order chi connectivity index (χ1) is 17.7. The molecule has 1 heterocycles. The first-order valence-electron chi connectivity index (χ1n) is 11.8. The highest BCUT2D eigenvalue weighted by Gasteiger charge is 2.48. The fourth-order valence-electron chi connectivity index (χ4n) is 4.39. The van der Waals surface area contributed by atoms with Gasteiger partial charge in [-0.05, 0) is 28.8 Å². The quantitative estimate of drug-likeness (QED) is 0.261. The van der Waals surface area contributed by atoms with Gasteiger partial charge in [-0.1, -0.05) is 109 Å². The molecule has 1 saturated heterocycles. The molecule has 4 aromatic carbocycles. The Morgan fingerprint density at radius 3 is 1.64 bits per heavy atom. The summed E-state index contributed by atoms with van der Waals surface area (Å²) < 4.78 is 4.96. The Bertz CT molecular complexity index is 1200. The number of benzene rings is 4. The molecule has 0 spiro atoms. The second kappa shape index (κ2) is 10.7. The Kier molecular flexibility index (Phi) is 7.05. The number of carbonyl (C=O) groups is 2. The number of rotatable bonds is 9. The number of ether oxygens (including phenoxy) is 1. The molecule has 4 aromatic rings. The molecular formula is C30H26N2O3S. The minimum Gasteiger partial charge on any atom is -0.484 e. The highest BCUT2D eigenvalue weighted by Crippen LogP contribution is 2.51. The van der Waals surface area contributed by atoms with Gasteiger partial charge in [0.1, 0.15) is 17.2 Å². The van der Waals surface area contributed by atoms with E-state index in [1.54, 1.807) is 23.9 Å². The first-order valence-corrected chi connectivity index (χ1v) is 12.7. The molecule has 0 bridgehead atoms. The van der Waals surface area contributed by atoms with E-state index in [-0.39, 0.29) is 23.8 Å². The number of para-hydroxylation sites is 1. The van der Waals surface area contributed by atoms with Crippen molar-refractivity contribution in [2.75, 3.05) is 6.61 Å². The second-order valence-electron chi connectivity index (χ2n) is 8.47. The Morgan fingerprint density at radius 1 is 0.750 bits per heavy atom. The van der Waals surface area contributed by atoms with Crippen LogP contribution < -0.4 is 15.4 Å². The molecule has 2 atom stereocenters. The Labute approximate surface area is 214 Å². The summed E-state index contributed by atoms with van der Waals surface area (Å²) in [7, 11) is 0. The molecule has 0 saturated carbocycles. The molecule has 0 aliphatic carbocycles. The van der Waals surface area contributed by atoms with Crippen LogP contribution in [0.5, 0.6) is 5.75 Å². The predicted molar refractivity (Wildman–Crippen MR) is 143 cm³/mol. The van der Waals surface area contributed by atoms with Gasteiger partial charge in [0, 0.05) is 0 Å². The normalized spacial score (nSPS) is 16.9. The number of thioether (sulfide) groups is 1. The molecule has 1 fully saturated rings. The average molecular weight is 495 g/mol. The van der Waals surface area contributed by atoms with Crippen LogP contribution in [-0.2, 0) is 14.3 Å². The van der Waals surface area contributed by atoms with Crippen LogP contribution in [0.15, 0.2) is 121 Å². The smallest absolute Gasteiger partial charge is 0.258 e. The van der Waals surface area contributed by atoms with E-state index in [2.05, 4.69) is 47.0 Å². The maximum absolute atomic E-state index is 12.7. The minimum atomic E-state index is -0.669. The first kappa shape index (κ1) is 23.7. The van der Waals surface area contributed by atoms with E-state index in [1.807, 2.05) is 72.8 Å². The molecular weight excluding hydrogens is 468 g/mol. The topological polar surface area (TPSA) is 67.4 Å². The molecule has 0 unspecified atom stereocenters. The van der Waals surface area contributed by atoms with Gasteiger partial charge in [-0.3, -0.25) is 9.59 Å². The predicted octanol–water partition coefficient (Wildman–Crippen LogP) is 4.73. The van der Waals surface area contributed by atoms with Gasteiger partial charge in [-0.25, -0.2) is 0 Å². The number of hydrogen-bond donors (Lipinski definition) is 2. The third-order valence-corrected chi connectivity index (χ3v) is 7.85. The zero-order valence-electron chi connectivity index (χ0n) is 19.5. The van der Waals surface area contributed by atoms with Crippen LogP contribution in [0.25, 0.3) is 0 Å². The Morgan fingerprint density at radius 2 is 1.19 bits per heavy atom. The summed E-state index contributed by atoms with van der Waals surface area (Å²) in [6, 6.07) is 39.2. The number of hydrogen-bond acceptors (Lipinski definition) is 4. The summed E-state index contributed by atoms with van der Waals surface area (Å²) in [5.41, 5.74) is 3.27. The largest absolute Gasteiger partial charge is 0.484 e. The van der Waals surface area contributed by atoms with Crippen LogP contribution in [0.3, 0.4) is 0 Å². The Balaban J connectivity index is 1.44. The molecule has 2 N–H and O–H groups in total. The van der Waals surface area contributed by atoms with Crippen molar-refractivity contribution in [3.63, 3.8) is 0 Å². The van der Waals surface area contributed by atoms with Crippen LogP contribution in [0.2, 0.25) is 0 Å². The molecule has 5 rings (SSSR count). The molecule has 36 heavy (non-hydrogen) atoms. The summed E-state index contributed by atoms with van der Waals surface area (Å²) in [6.45, 7) is -0.160. The third-order valence-electron chi connectivity index (χ3n) is 6.14. The van der Waals surface area contributed by atoms with E-state index in [4.69, 9.17) is 4.74 Å². The summed E-state index contributed by atoms with van der Waals surface area (Å²) in [5.74, 6) is 0.0607. The monoisotopic (exact) mass is 494 g/mol. The lowest BCUT2D eigenvalue weighted by molar-refractivity contribution is -0.134. The highest BCUT2D eigenvalue weighted by molar-refractivity contribution is 8.01. The van der Waals surface area contributed by atoms with Crippen molar-refractivity contribution < 1.29 is 14.3 Å². The van der Waals surface area contributed by atoms with Crippen molar-refractivity contribution in [2.24, 2.45) is 0 Å². The molecule has 2 amide bonds. The molecule has 180 valence electrons. The van der Waals surface area contributed by atoms with E-state index in [0.717, 1.165) is 16.7 Å².